The first-order valence-corrected chi connectivity index (χ1v) is 13.8. The Morgan fingerprint density at radius 2 is 1.75 bits per heavy atom. The van der Waals surface area contributed by atoms with Crippen LogP contribution in [0.15, 0.2) is 71.6 Å². The van der Waals surface area contributed by atoms with E-state index in [2.05, 4.69) is 5.32 Å². The molecule has 4 rings (SSSR count). The van der Waals surface area contributed by atoms with Gasteiger partial charge in [0.05, 0.1) is 22.1 Å². The lowest BCUT2D eigenvalue weighted by molar-refractivity contribution is -0.127. The molecule has 1 saturated heterocycles. The maximum atomic E-state index is 13.0. The summed E-state index contributed by atoms with van der Waals surface area (Å²) in [6, 6.07) is 18.7. The van der Waals surface area contributed by atoms with E-state index < -0.39 is 29.6 Å². The zero-order valence-corrected chi connectivity index (χ0v) is 23.6. The van der Waals surface area contributed by atoms with Crippen LogP contribution in [0.2, 0.25) is 10.0 Å². The molecule has 3 aromatic rings. The van der Waals surface area contributed by atoms with Gasteiger partial charge in [-0.05, 0) is 54.6 Å². The average Bonchev–Trinajstić information content (AvgIpc) is 3.20. The Hall–Kier alpha value is -3.79. The van der Waals surface area contributed by atoms with E-state index in [9.17, 15) is 19.2 Å². The summed E-state index contributed by atoms with van der Waals surface area (Å²) >= 11 is 13.0. The number of hydrogen-bond donors (Lipinski definition) is 1. The van der Waals surface area contributed by atoms with Gasteiger partial charge in [-0.3, -0.25) is 19.3 Å². The maximum Gasteiger partial charge on any atom is 0.339 e. The molecule has 3 aromatic carbocycles. The average molecular weight is 599 g/mol. The minimum atomic E-state index is -0.623. The summed E-state index contributed by atoms with van der Waals surface area (Å²) in [5, 5.41) is 2.75. The number of nitrogens with zero attached hydrogens (tertiary/aromatic N) is 1. The zero-order chi connectivity index (χ0) is 28.6. The summed E-state index contributed by atoms with van der Waals surface area (Å²) in [7, 11) is 0. The number of halogens is 2. The molecule has 0 aliphatic carbocycles. The number of benzene rings is 3. The van der Waals surface area contributed by atoms with Gasteiger partial charge in [0.25, 0.3) is 11.1 Å². The lowest BCUT2D eigenvalue weighted by Gasteiger charge is -2.13. The van der Waals surface area contributed by atoms with E-state index >= 15 is 0 Å². The largest absolute Gasteiger partial charge is 0.488 e. The Balaban J connectivity index is 1.43. The van der Waals surface area contributed by atoms with Gasteiger partial charge in [0.2, 0.25) is 5.91 Å². The van der Waals surface area contributed by atoms with Crippen molar-refractivity contribution in [1.29, 1.82) is 0 Å². The predicted molar refractivity (Wildman–Crippen MR) is 156 cm³/mol. The Morgan fingerprint density at radius 3 is 2.52 bits per heavy atom. The third kappa shape index (κ3) is 7.24. The molecular weight excluding hydrogens is 575 g/mol. The number of imide groups is 1. The number of ether oxygens (including phenoxy) is 2. The summed E-state index contributed by atoms with van der Waals surface area (Å²) in [5.74, 6) is -1.34. The van der Waals surface area contributed by atoms with Gasteiger partial charge in [-0.2, -0.15) is 0 Å². The standard InChI is InChI=1S/C29H24Cl2N2O6S/c1-2-13-38-28(36)21-15-20(11-12-23(21)31)32-26(34)16-33-27(35)25(40-29(33)37)14-18-7-4-6-10-24(18)39-17-19-8-3-5-9-22(19)30/h3-12,14-15H,2,13,16-17H2,1H3,(H,32,34)/b25-14+. The summed E-state index contributed by atoms with van der Waals surface area (Å²) in [6.45, 7) is 1.80. The molecule has 0 aromatic heterocycles. The van der Waals surface area contributed by atoms with Crippen LogP contribution in [0.25, 0.3) is 6.08 Å². The van der Waals surface area contributed by atoms with Gasteiger partial charge < -0.3 is 14.8 Å². The fourth-order valence-corrected chi connectivity index (χ4v) is 4.87. The van der Waals surface area contributed by atoms with E-state index in [0.717, 1.165) is 22.2 Å². The summed E-state index contributed by atoms with van der Waals surface area (Å²) in [5.41, 5.74) is 1.76. The highest BCUT2D eigenvalue weighted by molar-refractivity contribution is 8.18. The molecule has 8 nitrogen and oxygen atoms in total. The van der Waals surface area contributed by atoms with Gasteiger partial charge in [0.15, 0.2) is 0 Å². The molecule has 11 heteroatoms. The van der Waals surface area contributed by atoms with Crippen LogP contribution in [-0.2, 0) is 20.9 Å². The molecule has 0 saturated carbocycles. The number of rotatable bonds is 10. The quantitative estimate of drug-likeness (QED) is 0.202. The van der Waals surface area contributed by atoms with Crippen LogP contribution >= 0.6 is 35.0 Å². The molecule has 0 unspecified atom stereocenters. The minimum absolute atomic E-state index is 0.0948. The number of carbonyl (C=O) groups excluding carboxylic acids is 4. The lowest BCUT2D eigenvalue weighted by atomic mass is 10.1. The third-order valence-corrected chi connectivity index (χ3v) is 7.23. The molecule has 1 heterocycles. The number of esters is 1. The van der Waals surface area contributed by atoms with Crippen LogP contribution in [0.5, 0.6) is 5.75 Å². The van der Waals surface area contributed by atoms with Crippen molar-refractivity contribution in [3.05, 3.63) is 98.4 Å². The van der Waals surface area contributed by atoms with E-state index in [0.29, 0.717) is 22.8 Å². The monoisotopic (exact) mass is 598 g/mol. The molecule has 1 N–H and O–H groups in total. The van der Waals surface area contributed by atoms with E-state index in [4.69, 9.17) is 32.7 Å². The van der Waals surface area contributed by atoms with Gasteiger partial charge in [0.1, 0.15) is 18.9 Å². The molecular formula is C29H24Cl2N2O6S. The number of carbonyl (C=O) groups is 4. The highest BCUT2D eigenvalue weighted by atomic mass is 35.5. The highest BCUT2D eigenvalue weighted by Gasteiger charge is 2.36. The Labute approximate surface area is 245 Å². The summed E-state index contributed by atoms with van der Waals surface area (Å²) in [6.07, 6.45) is 2.20. The highest BCUT2D eigenvalue weighted by Crippen LogP contribution is 2.34. The molecule has 1 fully saturated rings. The number of amides is 3. The minimum Gasteiger partial charge on any atom is -0.488 e. The lowest BCUT2D eigenvalue weighted by Crippen LogP contribution is -2.36. The molecule has 0 radical (unpaired) electrons. The van der Waals surface area contributed by atoms with Crippen LogP contribution in [0, 0.1) is 0 Å². The summed E-state index contributed by atoms with van der Waals surface area (Å²) < 4.78 is 11.0. The van der Waals surface area contributed by atoms with Crippen molar-refractivity contribution >= 4 is 69.8 Å². The SMILES string of the molecule is CCCOC(=O)c1cc(NC(=O)CN2C(=O)S/C(=C/c3ccccc3OCc3ccccc3Cl)C2=O)ccc1Cl. The molecule has 0 bridgehead atoms. The fourth-order valence-electron chi connectivity index (χ4n) is 3.66. The van der Waals surface area contributed by atoms with Crippen LogP contribution < -0.4 is 10.1 Å². The van der Waals surface area contributed by atoms with E-state index in [1.807, 2.05) is 25.1 Å². The first kappa shape index (κ1) is 29.2. The predicted octanol–water partition coefficient (Wildman–Crippen LogP) is 6.81. The van der Waals surface area contributed by atoms with Crippen molar-refractivity contribution < 1.29 is 28.7 Å². The van der Waals surface area contributed by atoms with Crippen LogP contribution in [0.1, 0.15) is 34.8 Å². The van der Waals surface area contributed by atoms with Crippen LogP contribution in [0.4, 0.5) is 10.5 Å². The van der Waals surface area contributed by atoms with E-state index in [1.165, 1.54) is 18.2 Å². The normalized spacial score (nSPS) is 14.0. The number of para-hydroxylation sites is 1. The molecule has 1 aliphatic heterocycles. The van der Waals surface area contributed by atoms with Gasteiger partial charge in [0, 0.05) is 21.8 Å². The van der Waals surface area contributed by atoms with Crippen molar-refractivity contribution in [1.82, 2.24) is 4.90 Å². The van der Waals surface area contributed by atoms with Crippen molar-refractivity contribution in [2.45, 2.75) is 20.0 Å². The Morgan fingerprint density at radius 1 is 1.00 bits per heavy atom. The third-order valence-electron chi connectivity index (χ3n) is 5.63. The first-order valence-electron chi connectivity index (χ1n) is 12.2. The van der Waals surface area contributed by atoms with Crippen molar-refractivity contribution in [3.63, 3.8) is 0 Å². The van der Waals surface area contributed by atoms with E-state index in [1.54, 1.807) is 36.4 Å². The van der Waals surface area contributed by atoms with Gasteiger partial charge in [-0.15, -0.1) is 0 Å². The van der Waals surface area contributed by atoms with Crippen molar-refractivity contribution in [3.8, 4) is 5.75 Å². The zero-order valence-electron chi connectivity index (χ0n) is 21.3. The maximum absolute atomic E-state index is 13.0. The second kappa shape index (κ2) is 13.5. The molecule has 1 aliphatic rings. The molecule has 3 amide bonds. The van der Waals surface area contributed by atoms with Gasteiger partial charge >= 0.3 is 5.97 Å². The molecule has 40 heavy (non-hydrogen) atoms. The van der Waals surface area contributed by atoms with Crippen molar-refractivity contribution in [2.24, 2.45) is 0 Å². The van der Waals surface area contributed by atoms with Crippen LogP contribution in [-0.4, -0.2) is 41.1 Å². The number of thioether (sulfide) groups is 1. The number of hydrogen-bond acceptors (Lipinski definition) is 7. The second-order valence-corrected chi connectivity index (χ2v) is 10.4. The van der Waals surface area contributed by atoms with Gasteiger partial charge in [-0.25, -0.2) is 4.79 Å². The van der Waals surface area contributed by atoms with E-state index in [-0.39, 0.29) is 34.4 Å². The topological polar surface area (TPSA) is 102 Å². The Bertz CT molecular complexity index is 1490. The number of nitrogens with one attached hydrogen (secondary N) is 1. The van der Waals surface area contributed by atoms with Crippen LogP contribution in [0.3, 0.4) is 0 Å². The smallest absolute Gasteiger partial charge is 0.339 e. The Kier molecular flexibility index (Phi) is 9.87. The molecule has 206 valence electrons. The molecule has 0 spiro atoms. The van der Waals surface area contributed by atoms with Crippen molar-refractivity contribution in [2.75, 3.05) is 18.5 Å². The van der Waals surface area contributed by atoms with Gasteiger partial charge in [-0.1, -0.05) is 66.5 Å². The first-order chi connectivity index (χ1) is 19.3. The number of anilines is 1. The second-order valence-electron chi connectivity index (χ2n) is 8.56. The fraction of sp³-hybridized carbons (Fsp3) is 0.172. The summed E-state index contributed by atoms with van der Waals surface area (Å²) in [4.78, 5) is 51.6. The molecule has 0 atom stereocenters.